The van der Waals surface area contributed by atoms with Gasteiger partial charge in [0.15, 0.2) is 0 Å². The molecule has 0 spiro atoms. The van der Waals surface area contributed by atoms with Crippen LogP contribution in [0.4, 0.5) is 0 Å². The van der Waals surface area contributed by atoms with Gasteiger partial charge < -0.3 is 19.7 Å². The number of carboxylic acid groups (broad SMARTS) is 1. The van der Waals surface area contributed by atoms with Gasteiger partial charge in [-0.1, -0.05) is 32.0 Å². The molecule has 3 rings (SSSR count). The van der Waals surface area contributed by atoms with Gasteiger partial charge >= 0.3 is 5.97 Å². The standard InChI is InChI=1S/C17H14O4.C2H4O.C2H6/c18-14-5-3-12(4-6-14)16-10-13-9-11(2-8-17(19)20)1-7-15(13)21-16;1-2-3;1-2/h1-9,16,18H,10H2,(H,19,20);2H,1H3;1-2H3/b8-2+;;/t16-;;/m1../s1. The molecular weight excluding hydrogens is 332 g/mol. The Balaban J connectivity index is 0.000000615. The molecule has 0 unspecified atom stereocenters. The molecular formula is C21H24O5. The highest BCUT2D eigenvalue weighted by atomic mass is 16.5. The second-order valence-corrected chi connectivity index (χ2v) is 5.18. The lowest BCUT2D eigenvalue weighted by Gasteiger charge is -2.10. The molecule has 2 aromatic rings. The van der Waals surface area contributed by atoms with Gasteiger partial charge in [0, 0.05) is 12.5 Å². The molecule has 26 heavy (non-hydrogen) atoms. The van der Waals surface area contributed by atoms with Crippen molar-refractivity contribution < 1.29 is 24.5 Å². The van der Waals surface area contributed by atoms with Crippen molar-refractivity contribution >= 4 is 18.3 Å². The Morgan fingerprint density at radius 2 is 1.77 bits per heavy atom. The third-order valence-electron chi connectivity index (χ3n) is 3.44. The van der Waals surface area contributed by atoms with E-state index >= 15 is 0 Å². The lowest BCUT2D eigenvalue weighted by atomic mass is 10.0. The number of fused-ring (bicyclic) bond motifs is 1. The average molecular weight is 356 g/mol. The maximum absolute atomic E-state index is 10.5. The Kier molecular flexibility index (Phi) is 8.64. The van der Waals surface area contributed by atoms with Gasteiger partial charge in [0.1, 0.15) is 23.9 Å². The molecule has 0 aromatic heterocycles. The Hall–Kier alpha value is -3.08. The number of phenolic OH excluding ortho intramolecular Hbond substituents is 1. The quantitative estimate of drug-likeness (QED) is 0.629. The number of benzene rings is 2. The van der Waals surface area contributed by atoms with E-state index < -0.39 is 5.97 Å². The summed E-state index contributed by atoms with van der Waals surface area (Å²) in [7, 11) is 0. The number of rotatable bonds is 3. The zero-order valence-electron chi connectivity index (χ0n) is 15.2. The van der Waals surface area contributed by atoms with Gasteiger partial charge in [-0.3, -0.25) is 0 Å². The minimum atomic E-state index is -0.964. The molecule has 0 amide bonds. The summed E-state index contributed by atoms with van der Waals surface area (Å²) in [5, 5.41) is 18.0. The fourth-order valence-electron chi connectivity index (χ4n) is 2.41. The predicted octanol–water partition coefficient (Wildman–Crippen LogP) is 4.40. The first-order valence-electron chi connectivity index (χ1n) is 8.42. The number of hydrogen-bond donors (Lipinski definition) is 2. The molecule has 1 aliphatic heterocycles. The molecule has 138 valence electrons. The van der Waals surface area contributed by atoms with Crippen molar-refractivity contribution in [1.29, 1.82) is 0 Å². The summed E-state index contributed by atoms with van der Waals surface area (Å²) in [6.07, 6.45) is 4.10. The first-order valence-corrected chi connectivity index (χ1v) is 8.42. The van der Waals surface area contributed by atoms with Crippen molar-refractivity contribution in [2.75, 3.05) is 0 Å². The number of carbonyl (C=O) groups excluding carboxylic acids is 1. The van der Waals surface area contributed by atoms with Crippen molar-refractivity contribution in [2.45, 2.75) is 33.3 Å². The van der Waals surface area contributed by atoms with Crippen molar-refractivity contribution in [2.24, 2.45) is 0 Å². The predicted molar refractivity (Wildman–Crippen MR) is 101 cm³/mol. The lowest BCUT2D eigenvalue weighted by Crippen LogP contribution is -2.02. The van der Waals surface area contributed by atoms with Crippen LogP contribution in [-0.4, -0.2) is 22.5 Å². The summed E-state index contributed by atoms with van der Waals surface area (Å²) in [4.78, 5) is 19.3. The van der Waals surface area contributed by atoms with Crippen LogP contribution in [0.5, 0.6) is 11.5 Å². The van der Waals surface area contributed by atoms with Gasteiger partial charge in [0.2, 0.25) is 0 Å². The molecule has 0 aliphatic carbocycles. The smallest absolute Gasteiger partial charge is 0.328 e. The maximum Gasteiger partial charge on any atom is 0.328 e. The molecule has 0 bridgehead atoms. The normalized spacial score (nSPS) is 14.2. The highest BCUT2D eigenvalue weighted by Crippen LogP contribution is 2.37. The fraction of sp³-hybridized carbons (Fsp3) is 0.238. The third kappa shape index (κ3) is 6.09. The van der Waals surface area contributed by atoms with Gasteiger partial charge in [-0.05, 0) is 54.0 Å². The van der Waals surface area contributed by atoms with Crippen LogP contribution in [0.25, 0.3) is 6.08 Å². The molecule has 0 radical (unpaired) electrons. The number of aldehydes is 1. The van der Waals surface area contributed by atoms with Crippen LogP contribution in [0, 0.1) is 0 Å². The van der Waals surface area contributed by atoms with Crippen molar-refractivity contribution in [3.63, 3.8) is 0 Å². The summed E-state index contributed by atoms with van der Waals surface area (Å²) >= 11 is 0. The number of carbonyl (C=O) groups is 2. The van der Waals surface area contributed by atoms with Crippen LogP contribution < -0.4 is 4.74 Å². The zero-order chi connectivity index (χ0) is 19.5. The van der Waals surface area contributed by atoms with Gasteiger partial charge in [-0.2, -0.15) is 0 Å². The number of hydrogen-bond acceptors (Lipinski definition) is 4. The van der Waals surface area contributed by atoms with Crippen LogP contribution in [0.2, 0.25) is 0 Å². The number of carboxylic acids is 1. The van der Waals surface area contributed by atoms with Gasteiger partial charge in [0.05, 0.1) is 0 Å². The minimum Gasteiger partial charge on any atom is -0.508 e. The molecule has 2 N–H and O–H groups in total. The Morgan fingerprint density at radius 1 is 1.15 bits per heavy atom. The van der Waals surface area contributed by atoms with Gasteiger partial charge in [0.25, 0.3) is 0 Å². The summed E-state index contributed by atoms with van der Waals surface area (Å²) < 4.78 is 5.89. The molecule has 2 aromatic carbocycles. The van der Waals surface area contributed by atoms with E-state index in [-0.39, 0.29) is 11.9 Å². The van der Waals surface area contributed by atoms with E-state index in [9.17, 15) is 9.90 Å². The Morgan fingerprint density at radius 3 is 2.35 bits per heavy atom. The molecule has 1 atom stereocenters. The van der Waals surface area contributed by atoms with Crippen LogP contribution in [0.3, 0.4) is 0 Å². The Labute approximate surface area is 153 Å². The third-order valence-corrected chi connectivity index (χ3v) is 3.44. The van der Waals surface area contributed by atoms with E-state index in [4.69, 9.17) is 14.6 Å². The SMILES string of the molecule is CC.CC=O.O=C(O)/C=C/c1ccc2c(c1)C[C@H](c1ccc(O)cc1)O2. The lowest BCUT2D eigenvalue weighted by molar-refractivity contribution is -0.131. The molecule has 1 aliphatic rings. The molecule has 5 heteroatoms. The van der Waals surface area contributed by atoms with Crippen LogP contribution in [0.15, 0.2) is 48.5 Å². The highest BCUT2D eigenvalue weighted by molar-refractivity contribution is 5.85. The van der Waals surface area contributed by atoms with E-state index in [0.717, 1.165) is 41.2 Å². The van der Waals surface area contributed by atoms with Crippen molar-refractivity contribution in [3.8, 4) is 11.5 Å². The van der Waals surface area contributed by atoms with E-state index in [0.29, 0.717) is 0 Å². The molecule has 1 heterocycles. The maximum atomic E-state index is 10.5. The number of aromatic hydroxyl groups is 1. The summed E-state index contributed by atoms with van der Waals surface area (Å²) in [6, 6.07) is 12.6. The van der Waals surface area contributed by atoms with Crippen LogP contribution >= 0.6 is 0 Å². The molecule has 0 saturated heterocycles. The van der Waals surface area contributed by atoms with E-state index in [1.807, 2.05) is 44.2 Å². The molecule has 5 nitrogen and oxygen atoms in total. The second-order valence-electron chi connectivity index (χ2n) is 5.18. The molecule has 0 saturated carbocycles. The first-order chi connectivity index (χ1) is 12.5. The van der Waals surface area contributed by atoms with Crippen LogP contribution in [-0.2, 0) is 16.0 Å². The summed E-state index contributed by atoms with van der Waals surface area (Å²) in [6.45, 7) is 5.44. The Bertz CT molecular complexity index is 747. The van der Waals surface area contributed by atoms with E-state index in [1.54, 1.807) is 18.2 Å². The van der Waals surface area contributed by atoms with Crippen molar-refractivity contribution in [3.05, 3.63) is 65.2 Å². The second kappa shape index (κ2) is 10.7. The van der Waals surface area contributed by atoms with Gasteiger partial charge in [-0.25, -0.2) is 4.79 Å². The summed E-state index contributed by atoms with van der Waals surface area (Å²) in [5.41, 5.74) is 2.90. The fourth-order valence-corrected chi connectivity index (χ4v) is 2.41. The zero-order valence-corrected chi connectivity index (χ0v) is 15.2. The minimum absolute atomic E-state index is 0.0701. The molecule has 0 fully saturated rings. The monoisotopic (exact) mass is 356 g/mol. The number of ether oxygens (including phenoxy) is 1. The topological polar surface area (TPSA) is 83.8 Å². The van der Waals surface area contributed by atoms with E-state index in [2.05, 4.69) is 0 Å². The largest absolute Gasteiger partial charge is 0.508 e. The van der Waals surface area contributed by atoms with Crippen LogP contribution in [0.1, 0.15) is 43.6 Å². The summed E-state index contributed by atoms with van der Waals surface area (Å²) in [5.74, 6) is 0.0876. The first kappa shape index (κ1) is 21.0. The van der Waals surface area contributed by atoms with Gasteiger partial charge in [-0.15, -0.1) is 0 Å². The average Bonchev–Trinajstić information content (AvgIpc) is 3.06. The number of aliphatic carboxylic acids is 1. The highest BCUT2D eigenvalue weighted by Gasteiger charge is 2.24. The number of phenols is 1. The van der Waals surface area contributed by atoms with E-state index in [1.165, 1.54) is 6.92 Å². The van der Waals surface area contributed by atoms with Crippen molar-refractivity contribution in [1.82, 2.24) is 0 Å².